The van der Waals surface area contributed by atoms with E-state index in [9.17, 15) is 9.90 Å². The number of phenolic OH excluding ortho intramolecular Hbond substituents is 1. The summed E-state index contributed by atoms with van der Waals surface area (Å²) in [5, 5.41) is 12.6. The minimum Gasteiger partial charge on any atom is -0.508 e. The summed E-state index contributed by atoms with van der Waals surface area (Å²) >= 11 is 0. The van der Waals surface area contributed by atoms with Gasteiger partial charge in [0.25, 0.3) is 0 Å². The number of benzene rings is 1. The molecule has 0 atom stereocenters. The molecule has 1 fully saturated rings. The van der Waals surface area contributed by atoms with Gasteiger partial charge in [0.1, 0.15) is 5.75 Å². The van der Waals surface area contributed by atoms with Crippen molar-refractivity contribution in [3.05, 3.63) is 59.4 Å². The van der Waals surface area contributed by atoms with Crippen LogP contribution in [0.25, 0.3) is 0 Å². The topological polar surface area (TPSA) is 65.5 Å². The number of carbonyl (C=O) groups excluding carboxylic acids is 1. The van der Waals surface area contributed by atoms with Crippen LogP contribution in [0.5, 0.6) is 5.75 Å². The van der Waals surface area contributed by atoms with E-state index in [-0.39, 0.29) is 6.03 Å². The van der Waals surface area contributed by atoms with Gasteiger partial charge in [-0.2, -0.15) is 0 Å². The summed E-state index contributed by atoms with van der Waals surface area (Å²) in [5.74, 6) is 0.712. The number of amides is 2. The smallest absolute Gasteiger partial charge is 0.317 e. The molecule has 0 saturated carbocycles. The van der Waals surface area contributed by atoms with Crippen molar-refractivity contribution in [1.29, 1.82) is 0 Å². The number of piperidine rings is 1. The average molecular weight is 325 g/mol. The third-order valence-electron chi connectivity index (χ3n) is 4.53. The Morgan fingerprint density at radius 1 is 1.29 bits per heavy atom. The van der Waals surface area contributed by atoms with Crippen LogP contribution < -0.4 is 5.32 Å². The Kier molecular flexibility index (Phi) is 4.99. The molecule has 5 nitrogen and oxygen atoms in total. The van der Waals surface area contributed by atoms with Gasteiger partial charge in [0, 0.05) is 31.5 Å². The summed E-state index contributed by atoms with van der Waals surface area (Å²) in [7, 11) is 0. The Bertz CT molecular complexity index is 709. The van der Waals surface area contributed by atoms with Gasteiger partial charge in [-0.05, 0) is 61.1 Å². The van der Waals surface area contributed by atoms with E-state index in [1.807, 2.05) is 42.2 Å². The summed E-state index contributed by atoms with van der Waals surface area (Å²) in [4.78, 5) is 18.3. The molecule has 0 aliphatic carbocycles. The van der Waals surface area contributed by atoms with Crippen LogP contribution in [-0.4, -0.2) is 34.1 Å². The highest BCUT2D eigenvalue weighted by atomic mass is 16.3. The third kappa shape index (κ3) is 4.04. The van der Waals surface area contributed by atoms with E-state index in [4.69, 9.17) is 0 Å². The van der Waals surface area contributed by atoms with Gasteiger partial charge in [-0.3, -0.25) is 4.98 Å². The SMILES string of the molecule is Cc1cc(CNC(=O)N2CCC(c3cccc(O)c3)CC2)ccn1. The minimum atomic E-state index is -0.0150. The first kappa shape index (κ1) is 16.3. The zero-order valence-electron chi connectivity index (χ0n) is 13.9. The number of hydrogen-bond donors (Lipinski definition) is 2. The fraction of sp³-hybridized carbons (Fsp3) is 0.368. The van der Waals surface area contributed by atoms with Crippen molar-refractivity contribution in [2.45, 2.75) is 32.2 Å². The molecule has 1 saturated heterocycles. The predicted octanol–water partition coefficient (Wildman–Crippen LogP) is 3.18. The number of nitrogens with zero attached hydrogens (tertiary/aromatic N) is 2. The van der Waals surface area contributed by atoms with E-state index in [0.717, 1.165) is 42.8 Å². The lowest BCUT2D eigenvalue weighted by Crippen LogP contribution is -2.43. The molecular formula is C19H23N3O2. The number of aromatic nitrogens is 1. The molecule has 1 aromatic carbocycles. The number of urea groups is 1. The number of nitrogens with one attached hydrogen (secondary N) is 1. The summed E-state index contributed by atoms with van der Waals surface area (Å²) in [6.07, 6.45) is 3.61. The van der Waals surface area contributed by atoms with Crippen molar-refractivity contribution in [3.8, 4) is 5.75 Å². The van der Waals surface area contributed by atoms with Crippen molar-refractivity contribution in [2.75, 3.05) is 13.1 Å². The molecule has 5 heteroatoms. The standard InChI is InChI=1S/C19H23N3O2/c1-14-11-15(5-8-20-14)13-21-19(24)22-9-6-16(7-10-22)17-3-2-4-18(23)12-17/h2-5,8,11-12,16,23H,6-7,9-10,13H2,1H3,(H,21,24). The van der Waals surface area contributed by atoms with Crippen molar-refractivity contribution in [1.82, 2.24) is 15.2 Å². The van der Waals surface area contributed by atoms with Crippen LogP contribution in [0.15, 0.2) is 42.6 Å². The largest absolute Gasteiger partial charge is 0.508 e. The molecule has 0 radical (unpaired) electrons. The van der Waals surface area contributed by atoms with Crippen LogP contribution in [0, 0.1) is 6.92 Å². The van der Waals surface area contributed by atoms with Crippen molar-refractivity contribution >= 4 is 6.03 Å². The second kappa shape index (κ2) is 7.34. The van der Waals surface area contributed by atoms with E-state index in [0.29, 0.717) is 18.2 Å². The lowest BCUT2D eigenvalue weighted by atomic mass is 9.89. The molecule has 3 rings (SSSR count). The zero-order chi connectivity index (χ0) is 16.9. The third-order valence-corrected chi connectivity index (χ3v) is 4.53. The molecule has 2 aromatic rings. The normalized spacial score (nSPS) is 15.3. The minimum absolute atomic E-state index is 0.0150. The highest BCUT2D eigenvalue weighted by molar-refractivity contribution is 5.74. The Hall–Kier alpha value is -2.56. The second-order valence-electron chi connectivity index (χ2n) is 6.32. The maximum absolute atomic E-state index is 12.3. The Labute approximate surface area is 142 Å². The number of pyridine rings is 1. The molecule has 1 aromatic heterocycles. The number of hydrogen-bond acceptors (Lipinski definition) is 3. The van der Waals surface area contributed by atoms with E-state index in [1.54, 1.807) is 12.3 Å². The highest BCUT2D eigenvalue weighted by Crippen LogP contribution is 2.29. The maximum Gasteiger partial charge on any atom is 0.317 e. The number of likely N-dealkylation sites (tertiary alicyclic amines) is 1. The number of aromatic hydroxyl groups is 1. The van der Waals surface area contributed by atoms with Crippen molar-refractivity contribution in [2.24, 2.45) is 0 Å². The van der Waals surface area contributed by atoms with Gasteiger partial charge in [-0.1, -0.05) is 12.1 Å². The maximum atomic E-state index is 12.3. The lowest BCUT2D eigenvalue weighted by Gasteiger charge is -2.32. The number of carbonyl (C=O) groups is 1. The Balaban J connectivity index is 1.50. The van der Waals surface area contributed by atoms with Gasteiger partial charge < -0.3 is 15.3 Å². The first-order chi connectivity index (χ1) is 11.6. The van der Waals surface area contributed by atoms with Crippen LogP contribution >= 0.6 is 0 Å². The highest BCUT2D eigenvalue weighted by Gasteiger charge is 2.23. The molecule has 0 spiro atoms. The number of phenols is 1. The van der Waals surface area contributed by atoms with Gasteiger partial charge in [0.15, 0.2) is 0 Å². The molecule has 2 N–H and O–H groups in total. The second-order valence-corrected chi connectivity index (χ2v) is 6.32. The van der Waals surface area contributed by atoms with Crippen molar-refractivity contribution < 1.29 is 9.90 Å². The fourth-order valence-electron chi connectivity index (χ4n) is 3.20. The van der Waals surface area contributed by atoms with Crippen LogP contribution in [0.1, 0.15) is 35.6 Å². The molecule has 126 valence electrons. The fourth-order valence-corrected chi connectivity index (χ4v) is 3.20. The summed E-state index contributed by atoms with van der Waals surface area (Å²) in [5.41, 5.74) is 3.17. The molecule has 2 heterocycles. The quantitative estimate of drug-likeness (QED) is 0.911. The van der Waals surface area contributed by atoms with Crippen LogP contribution in [-0.2, 0) is 6.54 Å². The van der Waals surface area contributed by atoms with Gasteiger partial charge >= 0.3 is 6.03 Å². The van der Waals surface area contributed by atoms with Crippen LogP contribution in [0.2, 0.25) is 0 Å². The lowest BCUT2D eigenvalue weighted by molar-refractivity contribution is 0.181. The van der Waals surface area contributed by atoms with Gasteiger partial charge in [-0.15, -0.1) is 0 Å². The van der Waals surface area contributed by atoms with E-state index in [2.05, 4.69) is 10.3 Å². The first-order valence-corrected chi connectivity index (χ1v) is 8.35. The summed E-state index contributed by atoms with van der Waals surface area (Å²) in [6, 6.07) is 11.3. The molecule has 24 heavy (non-hydrogen) atoms. The van der Waals surface area contributed by atoms with Crippen LogP contribution in [0.4, 0.5) is 4.79 Å². The van der Waals surface area contributed by atoms with Crippen LogP contribution in [0.3, 0.4) is 0 Å². The molecule has 0 unspecified atom stereocenters. The monoisotopic (exact) mass is 325 g/mol. The van der Waals surface area contributed by atoms with E-state index in [1.165, 1.54) is 0 Å². The van der Waals surface area contributed by atoms with Crippen molar-refractivity contribution in [3.63, 3.8) is 0 Å². The first-order valence-electron chi connectivity index (χ1n) is 8.35. The number of rotatable bonds is 3. The average Bonchev–Trinajstić information content (AvgIpc) is 2.60. The Morgan fingerprint density at radius 3 is 2.79 bits per heavy atom. The van der Waals surface area contributed by atoms with E-state index >= 15 is 0 Å². The summed E-state index contributed by atoms with van der Waals surface area (Å²) in [6.45, 7) is 3.94. The molecule has 1 aliphatic rings. The molecule has 2 amide bonds. The number of aryl methyl sites for hydroxylation is 1. The predicted molar refractivity (Wildman–Crippen MR) is 92.9 cm³/mol. The van der Waals surface area contributed by atoms with Gasteiger partial charge in [-0.25, -0.2) is 4.79 Å². The molecule has 1 aliphatic heterocycles. The molecule has 0 bridgehead atoms. The van der Waals surface area contributed by atoms with Gasteiger partial charge in [0.2, 0.25) is 0 Å². The van der Waals surface area contributed by atoms with Gasteiger partial charge in [0.05, 0.1) is 0 Å². The molecular weight excluding hydrogens is 302 g/mol. The Morgan fingerprint density at radius 2 is 2.08 bits per heavy atom. The van der Waals surface area contributed by atoms with E-state index < -0.39 is 0 Å². The summed E-state index contributed by atoms with van der Waals surface area (Å²) < 4.78 is 0. The zero-order valence-corrected chi connectivity index (χ0v) is 13.9.